The summed E-state index contributed by atoms with van der Waals surface area (Å²) in [7, 11) is 0. The molecular formula is C13H30. The van der Waals surface area contributed by atoms with Crippen LogP contribution in [-0.4, -0.2) is 0 Å². The van der Waals surface area contributed by atoms with E-state index in [2.05, 4.69) is 26.8 Å². The molecule has 0 fully saturated rings. The molecule has 0 heteroatoms. The zero-order valence-corrected chi connectivity index (χ0v) is 10.9. The average Bonchev–Trinajstić information content (AvgIpc) is 2.21. The second-order valence-electron chi connectivity index (χ2n) is 2.56. The monoisotopic (exact) mass is 186 g/mol. The van der Waals surface area contributed by atoms with Gasteiger partial charge in [-0.15, -0.1) is 0 Å². The zero-order chi connectivity index (χ0) is 11.1. The van der Waals surface area contributed by atoms with Gasteiger partial charge in [-0.05, 0) is 26.2 Å². The maximum Gasteiger partial charge on any atom is -0.0323 e. The van der Waals surface area contributed by atoms with Crippen molar-refractivity contribution in [1.82, 2.24) is 0 Å². The van der Waals surface area contributed by atoms with Gasteiger partial charge in [0, 0.05) is 0 Å². The smallest absolute Gasteiger partial charge is 0.0323 e. The Morgan fingerprint density at radius 3 is 1.77 bits per heavy atom. The van der Waals surface area contributed by atoms with Gasteiger partial charge in [0.05, 0.1) is 0 Å². The van der Waals surface area contributed by atoms with Crippen molar-refractivity contribution in [3.63, 3.8) is 0 Å². The largest absolute Gasteiger partial charge is 0.0859 e. The van der Waals surface area contributed by atoms with E-state index in [0.717, 1.165) is 0 Å². The van der Waals surface area contributed by atoms with Gasteiger partial charge in [-0.2, -0.15) is 0 Å². The van der Waals surface area contributed by atoms with E-state index in [9.17, 15) is 0 Å². The molecule has 0 aromatic rings. The Hall–Kier alpha value is -0.260. The molecule has 0 spiro atoms. The van der Waals surface area contributed by atoms with Crippen LogP contribution in [-0.2, 0) is 0 Å². The van der Waals surface area contributed by atoms with E-state index in [1.165, 1.54) is 25.7 Å². The fourth-order valence-electron chi connectivity index (χ4n) is 0.906. The number of rotatable bonds is 4. The fraction of sp³-hybridized carbons (Fsp3) is 0.846. The van der Waals surface area contributed by atoms with Crippen molar-refractivity contribution in [2.24, 2.45) is 0 Å². The van der Waals surface area contributed by atoms with Crippen molar-refractivity contribution in [2.45, 2.75) is 74.1 Å². The van der Waals surface area contributed by atoms with Crippen LogP contribution in [0.5, 0.6) is 0 Å². The summed E-state index contributed by atoms with van der Waals surface area (Å²) in [4.78, 5) is 0. The van der Waals surface area contributed by atoms with Crippen LogP contribution in [0.3, 0.4) is 0 Å². The molecule has 0 unspecified atom stereocenters. The van der Waals surface area contributed by atoms with E-state index in [1.54, 1.807) is 5.57 Å². The van der Waals surface area contributed by atoms with Crippen molar-refractivity contribution < 1.29 is 0 Å². The van der Waals surface area contributed by atoms with E-state index < -0.39 is 0 Å². The maximum atomic E-state index is 2.32. The first-order valence-electron chi connectivity index (χ1n) is 5.96. The van der Waals surface area contributed by atoms with Crippen LogP contribution in [0.4, 0.5) is 0 Å². The summed E-state index contributed by atoms with van der Waals surface area (Å²) in [6.07, 6.45) is 7.47. The Kier molecular flexibility index (Phi) is 32.2. The summed E-state index contributed by atoms with van der Waals surface area (Å²) in [5.74, 6) is 0. The van der Waals surface area contributed by atoms with Crippen LogP contribution < -0.4 is 0 Å². The summed E-state index contributed by atoms with van der Waals surface area (Å²) in [5.41, 5.74) is 1.55. The fourth-order valence-corrected chi connectivity index (χ4v) is 0.906. The Labute approximate surface area is 86.4 Å². The molecule has 0 aromatic carbocycles. The van der Waals surface area contributed by atoms with Crippen LogP contribution in [0.15, 0.2) is 11.6 Å². The molecule has 0 amide bonds. The van der Waals surface area contributed by atoms with E-state index in [1.807, 2.05) is 27.7 Å². The number of hydrogen-bond acceptors (Lipinski definition) is 0. The van der Waals surface area contributed by atoms with Crippen LogP contribution in [0.1, 0.15) is 74.1 Å². The van der Waals surface area contributed by atoms with Gasteiger partial charge in [0.15, 0.2) is 0 Å². The minimum absolute atomic E-state index is 1.19. The van der Waals surface area contributed by atoms with E-state index in [4.69, 9.17) is 0 Å². The van der Waals surface area contributed by atoms with Crippen LogP contribution in [0.2, 0.25) is 0 Å². The van der Waals surface area contributed by atoms with Gasteiger partial charge in [0.25, 0.3) is 0 Å². The molecule has 0 aromatic heterocycles. The van der Waals surface area contributed by atoms with Crippen LogP contribution in [0, 0.1) is 0 Å². The quantitative estimate of drug-likeness (QED) is 0.502. The van der Waals surface area contributed by atoms with Gasteiger partial charge in [-0.3, -0.25) is 0 Å². The van der Waals surface area contributed by atoms with Gasteiger partial charge in [0.2, 0.25) is 0 Å². The van der Waals surface area contributed by atoms with E-state index >= 15 is 0 Å². The minimum Gasteiger partial charge on any atom is -0.0859 e. The van der Waals surface area contributed by atoms with Crippen molar-refractivity contribution in [1.29, 1.82) is 0 Å². The molecule has 0 saturated carbocycles. The predicted molar refractivity (Wildman–Crippen MR) is 66.3 cm³/mol. The molecule has 0 bridgehead atoms. The molecule has 0 N–H and O–H groups in total. The average molecular weight is 186 g/mol. The lowest BCUT2D eigenvalue weighted by Crippen LogP contribution is -1.75. The highest BCUT2D eigenvalue weighted by Crippen LogP contribution is 2.05. The molecule has 0 aliphatic carbocycles. The first-order valence-corrected chi connectivity index (χ1v) is 5.96. The third kappa shape index (κ3) is 24.5. The van der Waals surface area contributed by atoms with Gasteiger partial charge in [-0.1, -0.05) is 59.6 Å². The normalized spacial score (nSPS) is 9.31. The van der Waals surface area contributed by atoms with Gasteiger partial charge in [-0.25, -0.2) is 0 Å². The van der Waals surface area contributed by atoms with E-state index in [0.29, 0.717) is 0 Å². The highest BCUT2D eigenvalue weighted by molar-refractivity contribution is 4.96. The Bertz CT molecular complexity index is 80.0. The van der Waals surface area contributed by atoms with Gasteiger partial charge in [0.1, 0.15) is 0 Å². The predicted octanol–water partition coefficient (Wildman–Crippen LogP) is 5.59. The SMILES string of the molecule is CC.CC.CC/C=C(/C)CCCC. The highest BCUT2D eigenvalue weighted by Gasteiger charge is 1.85. The number of unbranched alkanes of at least 4 members (excludes halogenated alkanes) is 1. The summed E-state index contributed by atoms with van der Waals surface area (Å²) < 4.78 is 0. The van der Waals surface area contributed by atoms with Crippen molar-refractivity contribution in [3.8, 4) is 0 Å². The van der Waals surface area contributed by atoms with Crippen molar-refractivity contribution >= 4 is 0 Å². The highest BCUT2D eigenvalue weighted by atomic mass is 13.9. The van der Waals surface area contributed by atoms with Crippen molar-refractivity contribution in [2.75, 3.05) is 0 Å². The molecule has 0 rings (SSSR count). The molecule has 0 nitrogen and oxygen atoms in total. The molecular weight excluding hydrogens is 156 g/mol. The summed E-state index contributed by atoms with van der Waals surface area (Å²) in [6.45, 7) is 14.6. The van der Waals surface area contributed by atoms with E-state index in [-0.39, 0.29) is 0 Å². The first kappa shape index (κ1) is 18.5. The summed E-state index contributed by atoms with van der Waals surface area (Å²) >= 11 is 0. The molecule has 13 heavy (non-hydrogen) atoms. The lowest BCUT2D eigenvalue weighted by atomic mass is 10.1. The van der Waals surface area contributed by atoms with Crippen molar-refractivity contribution in [3.05, 3.63) is 11.6 Å². The number of allylic oxidation sites excluding steroid dienone is 2. The van der Waals surface area contributed by atoms with Gasteiger partial charge >= 0.3 is 0 Å². The molecule has 0 aliphatic heterocycles. The second-order valence-corrected chi connectivity index (χ2v) is 2.56. The summed E-state index contributed by atoms with van der Waals surface area (Å²) in [6, 6.07) is 0. The Morgan fingerprint density at radius 1 is 1.00 bits per heavy atom. The molecule has 0 saturated heterocycles. The van der Waals surface area contributed by atoms with Crippen LogP contribution >= 0.6 is 0 Å². The third-order valence-electron chi connectivity index (χ3n) is 1.48. The Morgan fingerprint density at radius 2 is 1.46 bits per heavy atom. The summed E-state index contributed by atoms with van der Waals surface area (Å²) in [5, 5.41) is 0. The molecule has 0 heterocycles. The van der Waals surface area contributed by atoms with Gasteiger partial charge < -0.3 is 0 Å². The third-order valence-corrected chi connectivity index (χ3v) is 1.48. The number of hydrogen-bond donors (Lipinski definition) is 0. The molecule has 0 radical (unpaired) electrons. The molecule has 82 valence electrons. The lowest BCUT2D eigenvalue weighted by Gasteiger charge is -1.96. The standard InChI is InChI=1S/C9H18.2C2H6/c1-4-6-8-9(3)7-5-2;2*1-2/h7H,4-6,8H2,1-3H3;2*1-2H3/b9-7-;;. The molecule has 0 atom stereocenters. The second kappa shape index (κ2) is 22.6. The maximum absolute atomic E-state index is 2.32. The van der Waals surface area contributed by atoms with Crippen LogP contribution in [0.25, 0.3) is 0 Å². The minimum atomic E-state index is 1.19. The topological polar surface area (TPSA) is 0 Å². The first-order chi connectivity index (χ1) is 6.31. The zero-order valence-electron chi connectivity index (χ0n) is 10.9. The molecule has 0 aliphatic rings. The Balaban J connectivity index is -0.000000218. The lowest BCUT2D eigenvalue weighted by molar-refractivity contribution is 0.784.